The molecule has 268 valence electrons. The van der Waals surface area contributed by atoms with E-state index in [9.17, 15) is 0 Å². The molecule has 0 saturated heterocycles. The van der Waals surface area contributed by atoms with Crippen LogP contribution in [0.15, 0.2) is 144 Å². The van der Waals surface area contributed by atoms with Crippen molar-refractivity contribution in [1.29, 1.82) is 0 Å². The van der Waals surface area contributed by atoms with E-state index in [2.05, 4.69) is 172 Å². The number of para-hydroxylation sites is 2. The minimum atomic E-state index is 0.286. The van der Waals surface area contributed by atoms with Crippen LogP contribution in [-0.2, 0) is 0 Å². The van der Waals surface area contributed by atoms with Gasteiger partial charge in [0.15, 0.2) is 0 Å². The summed E-state index contributed by atoms with van der Waals surface area (Å²) < 4.78 is 9.21. The van der Waals surface area contributed by atoms with Gasteiger partial charge >= 0.3 is 0 Å². The normalized spacial score (nSPS) is 13.8. The molecule has 0 atom stereocenters. The van der Waals surface area contributed by atoms with Crippen LogP contribution in [-0.4, -0.2) is 9.55 Å². The van der Waals surface area contributed by atoms with Crippen molar-refractivity contribution in [2.24, 2.45) is 0 Å². The topological polar surface area (TPSA) is 31.0 Å². The molecule has 9 rings (SSSR count). The van der Waals surface area contributed by atoms with E-state index in [1.54, 1.807) is 0 Å². The maximum atomic E-state index is 6.77. The Balaban J connectivity index is 1.29. The van der Waals surface area contributed by atoms with Gasteiger partial charge in [0, 0.05) is 16.5 Å². The molecular formula is C51H48N2O. The van der Waals surface area contributed by atoms with E-state index in [0.29, 0.717) is 5.92 Å². The molecule has 3 nitrogen and oxygen atoms in total. The van der Waals surface area contributed by atoms with Crippen LogP contribution < -0.4 is 0 Å². The van der Waals surface area contributed by atoms with Gasteiger partial charge in [0.05, 0.1) is 16.7 Å². The Morgan fingerprint density at radius 2 is 1.20 bits per heavy atom. The average Bonchev–Trinajstić information content (AvgIpc) is 3.83. The van der Waals surface area contributed by atoms with E-state index >= 15 is 0 Å². The number of benzene rings is 6. The number of hydrogen-bond acceptors (Lipinski definition) is 2. The van der Waals surface area contributed by atoms with E-state index in [4.69, 9.17) is 9.40 Å². The van der Waals surface area contributed by atoms with Gasteiger partial charge in [-0.25, -0.2) is 4.98 Å². The minimum Gasteiger partial charge on any atom is -0.456 e. The van der Waals surface area contributed by atoms with Gasteiger partial charge in [-0.05, 0) is 112 Å². The summed E-state index contributed by atoms with van der Waals surface area (Å²) in [6.45, 7) is 9.24. The lowest BCUT2D eigenvalue weighted by molar-refractivity contribution is 0.443. The van der Waals surface area contributed by atoms with Gasteiger partial charge in [-0.15, -0.1) is 0 Å². The third-order valence-corrected chi connectivity index (χ3v) is 11.6. The zero-order chi connectivity index (χ0) is 36.8. The fraction of sp³-hybridized carbons (Fsp3) is 0.235. The molecule has 1 aliphatic carbocycles. The van der Waals surface area contributed by atoms with Crippen LogP contribution in [0.4, 0.5) is 0 Å². The number of hydrogen-bond donors (Lipinski definition) is 0. The monoisotopic (exact) mass is 704 g/mol. The first-order valence-corrected chi connectivity index (χ1v) is 19.9. The van der Waals surface area contributed by atoms with Crippen LogP contribution in [0.25, 0.3) is 72.7 Å². The molecule has 3 heteroatoms. The third kappa shape index (κ3) is 6.26. The molecule has 2 aromatic heterocycles. The van der Waals surface area contributed by atoms with Crippen LogP contribution >= 0.6 is 0 Å². The summed E-state index contributed by atoms with van der Waals surface area (Å²) in [7, 11) is 0. The lowest BCUT2D eigenvalue weighted by atomic mass is 9.83. The number of nitrogens with zero attached hydrogens (tertiary/aromatic N) is 2. The van der Waals surface area contributed by atoms with Gasteiger partial charge in [0.1, 0.15) is 17.2 Å². The summed E-state index contributed by atoms with van der Waals surface area (Å²) in [5, 5.41) is 1.11. The maximum Gasteiger partial charge on any atom is 0.145 e. The van der Waals surface area contributed by atoms with Crippen LogP contribution in [0.3, 0.4) is 0 Å². The molecule has 0 spiro atoms. The lowest BCUT2D eigenvalue weighted by Crippen LogP contribution is -2.09. The molecule has 0 unspecified atom stereocenters. The molecule has 6 aromatic carbocycles. The highest BCUT2D eigenvalue weighted by atomic mass is 16.3. The average molecular weight is 705 g/mol. The van der Waals surface area contributed by atoms with Crippen molar-refractivity contribution in [3.63, 3.8) is 0 Å². The molecule has 1 fully saturated rings. The number of rotatable bonds is 8. The van der Waals surface area contributed by atoms with E-state index in [1.165, 1.54) is 71.2 Å². The summed E-state index contributed by atoms with van der Waals surface area (Å²) in [5.41, 5.74) is 15.2. The van der Waals surface area contributed by atoms with Gasteiger partial charge < -0.3 is 4.42 Å². The highest BCUT2D eigenvalue weighted by molar-refractivity contribution is 6.00. The molecule has 0 aliphatic heterocycles. The highest BCUT2D eigenvalue weighted by Gasteiger charge is 2.25. The molecule has 8 aromatic rings. The van der Waals surface area contributed by atoms with Crippen LogP contribution in [0.5, 0.6) is 0 Å². The minimum absolute atomic E-state index is 0.286. The van der Waals surface area contributed by atoms with Crippen molar-refractivity contribution in [2.45, 2.75) is 77.6 Å². The van der Waals surface area contributed by atoms with E-state index < -0.39 is 0 Å². The van der Waals surface area contributed by atoms with Crippen LogP contribution in [0.2, 0.25) is 0 Å². The predicted octanol–water partition coefficient (Wildman–Crippen LogP) is 14.7. The van der Waals surface area contributed by atoms with Crippen molar-refractivity contribution in [3.05, 3.63) is 156 Å². The molecular weight excluding hydrogens is 657 g/mol. The Bertz CT molecular complexity index is 2540. The number of aromatic nitrogens is 2. The van der Waals surface area contributed by atoms with Crippen LogP contribution in [0.1, 0.15) is 94.2 Å². The molecule has 0 amide bonds. The maximum absolute atomic E-state index is 6.77. The van der Waals surface area contributed by atoms with Gasteiger partial charge in [-0.2, -0.15) is 0 Å². The number of furan rings is 1. The van der Waals surface area contributed by atoms with Crippen molar-refractivity contribution in [2.75, 3.05) is 0 Å². The summed E-state index contributed by atoms with van der Waals surface area (Å²) in [6, 6.07) is 50.8. The second kappa shape index (κ2) is 14.3. The third-order valence-electron chi connectivity index (χ3n) is 11.6. The highest BCUT2D eigenvalue weighted by Crippen LogP contribution is 2.43. The zero-order valence-corrected chi connectivity index (χ0v) is 31.8. The van der Waals surface area contributed by atoms with Gasteiger partial charge in [0.25, 0.3) is 0 Å². The Kier molecular flexibility index (Phi) is 9.03. The van der Waals surface area contributed by atoms with E-state index in [1.807, 2.05) is 0 Å². The first-order valence-electron chi connectivity index (χ1n) is 19.9. The molecule has 0 radical (unpaired) electrons. The fourth-order valence-corrected chi connectivity index (χ4v) is 8.68. The van der Waals surface area contributed by atoms with Gasteiger partial charge in [-0.1, -0.05) is 144 Å². The molecule has 1 aliphatic rings. The van der Waals surface area contributed by atoms with Gasteiger partial charge in [0.2, 0.25) is 0 Å². The lowest BCUT2D eigenvalue weighted by Gasteiger charge is -2.24. The van der Waals surface area contributed by atoms with Crippen molar-refractivity contribution >= 4 is 22.0 Å². The number of imidazole rings is 1. The molecule has 0 bridgehead atoms. The Morgan fingerprint density at radius 1 is 0.574 bits per heavy atom. The van der Waals surface area contributed by atoms with Crippen molar-refractivity contribution in [3.8, 4) is 50.7 Å². The van der Waals surface area contributed by atoms with E-state index in [-0.39, 0.29) is 11.8 Å². The smallest absolute Gasteiger partial charge is 0.145 e. The molecule has 54 heavy (non-hydrogen) atoms. The summed E-state index contributed by atoms with van der Waals surface area (Å²) in [5.74, 6) is 3.03. The second-order valence-corrected chi connectivity index (χ2v) is 15.8. The Labute approximate surface area is 319 Å². The van der Waals surface area contributed by atoms with E-state index in [0.717, 1.165) is 50.3 Å². The fourth-order valence-electron chi connectivity index (χ4n) is 8.68. The largest absolute Gasteiger partial charge is 0.456 e. The molecule has 0 N–H and O–H groups in total. The first kappa shape index (κ1) is 34.1. The second-order valence-electron chi connectivity index (χ2n) is 15.8. The van der Waals surface area contributed by atoms with Crippen LogP contribution in [0, 0.1) is 0 Å². The first-order chi connectivity index (χ1) is 26.4. The quantitative estimate of drug-likeness (QED) is 0.158. The molecule has 1 saturated carbocycles. The standard InChI is InChI=1S/C51H48N2O/c1-33(2)42-28-40(36-18-10-6-11-19-36)29-43(34(3)4)50(42)53-47-23-15-14-22-46(47)52-51(53)41-30-44(38-26-24-37(25-27-38)35-16-8-5-9-17-35)45-32-48(54-49(45)31-41)39-20-12-7-13-21-39/h6-7,10-15,18-35H,5,8-9,16-17H2,1-4H3. The summed E-state index contributed by atoms with van der Waals surface area (Å²) in [4.78, 5) is 5.44. The number of fused-ring (bicyclic) bond motifs is 2. The summed E-state index contributed by atoms with van der Waals surface area (Å²) in [6.07, 6.45) is 6.61. The van der Waals surface area contributed by atoms with Crippen molar-refractivity contribution in [1.82, 2.24) is 9.55 Å². The SMILES string of the molecule is CC(C)c1cc(-c2ccccc2)cc(C(C)C)c1-n1c(-c2cc(-c3ccc(C4CCCCC4)cc3)c3cc(-c4ccccc4)oc3c2)nc2ccccc21. The van der Waals surface area contributed by atoms with Crippen molar-refractivity contribution < 1.29 is 4.42 Å². The Morgan fingerprint density at radius 3 is 1.87 bits per heavy atom. The van der Waals surface area contributed by atoms with Gasteiger partial charge in [-0.3, -0.25) is 4.57 Å². The zero-order valence-electron chi connectivity index (χ0n) is 31.8. The molecule has 2 heterocycles. The Hall–Kier alpha value is -5.67. The summed E-state index contributed by atoms with van der Waals surface area (Å²) >= 11 is 0. The predicted molar refractivity (Wildman–Crippen MR) is 227 cm³/mol.